The fraction of sp³-hybridized carbons (Fsp3) is 0.556. The predicted octanol–water partition coefficient (Wildman–Crippen LogP) is 2.59. The van der Waals surface area contributed by atoms with E-state index in [9.17, 15) is 32.9 Å². The van der Waals surface area contributed by atoms with Crippen LogP contribution in [0.15, 0.2) is 18.2 Å². The van der Waals surface area contributed by atoms with Crippen LogP contribution in [0, 0.1) is 10.1 Å². The third-order valence-electron chi connectivity index (χ3n) is 4.36. The molecule has 2 rings (SSSR count). The van der Waals surface area contributed by atoms with Crippen LogP contribution in [0.4, 0.5) is 24.5 Å². The number of nitro benzene ring substituents is 1. The van der Waals surface area contributed by atoms with E-state index in [-0.39, 0.29) is 17.9 Å². The van der Waals surface area contributed by atoms with Gasteiger partial charge in [0, 0.05) is 19.2 Å². The van der Waals surface area contributed by atoms with Gasteiger partial charge in [0.25, 0.3) is 11.6 Å². The highest BCUT2D eigenvalue weighted by atomic mass is 19.4. The number of amides is 1. The first-order valence-corrected chi connectivity index (χ1v) is 9.10. The number of hydrogen-bond donors (Lipinski definition) is 1. The number of nitrogens with one attached hydrogen (secondary N) is 1. The lowest BCUT2D eigenvalue weighted by atomic mass is 10.1. The molecule has 0 aromatic heterocycles. The smallest absolute Gasteiger partial charge is 0.416 e. The first kappa shape index (κ1) is 23.4. The van der Waals surface area contributed by atoms with Crippen molar-refractivity contribution in [3.05, 3.63) is 33.9 Å². The van der Waals surface area contributed by atoms with Gasteiger partial charge >= 0.3 is 12.1 Å². The van der Waals surface area contributed by atoms with E-state index in [0.29, 0.717) is 25.2 Å². The largest absolute Gasteiger partial charge is 0.454 e. The van der Waals surface area contributed by atoms with Crippen molar-refractivity contribution in [1.29, 1.82) is 0 Å². The Balaban J connectivity index is 1.98. The maximum atomic E-state index is 12.8. The monoisotopic (exact) mass is 433 g/mol. The van der Waals surface area contributed by atoms with Crippen molar-refractivity contribution >= 4 is 23.3 Å². The Morgan fingerprint density at radius 3 is 2.47 bits per heavy atom. The first-order chi connectivity index (χ1) is 13.9. The third kappa shape index (κ3) is 6.05. The molecule has 1 heterocycles. The highest BCUT2D eigenvalue weighted by Gasteiger charge is 2.33. The Kier molecular flexibility index (Phi) is 7.24. The summed E-state index contributed by atoms with van der Waals surface area (Å²) in [7, 11) is 0. The second kappa shape index (κ2) is 9.28. The van der Waals surface area contributed by atoms with E-state index < -0.39 is 46.9 Å². The van der Waals surface area contributed by atoms with Crippen molar-refractivity contribution in [1.82, 2.24) is 4.90 Å². The summed E-state index contributed by atoms with van der Waals surface area (Å²) in [6.07, 6.45) is -5.06. The molecular formula is C18H22F3N3O6. The SMILES string of the molecule is C[C@@H]1CN(C(=O)COC(=O)[C@H](C)Nc2ccc(C(F)(F)F)cc2[N+](=O)[O-])C[C@H](C)O1. The van der Waals surface area contributed by atoms with Gasteiger partial charge in [0.2, 0.25) is 0 Å². The Morgan fingerprint density at radius 1 is 1.33 bits per heavy atom. The molecule has 1 saturated heterocycles. The molecule has 0 aliphatic carbocycles. The minimum atomic E-state index is -4.75. The standard InChI is InChI=1S/C18H22F3N3O6/c1-10-7-23(8-11(2)30-10)16(25)9-29-17(26)12(3)22-14-5-4-13(18(19,20)21)6-15(14)24(27)28/h4-6,10-12,22H,7-9H2,1-3H3/t10-,11+,12-/m0/s1. The van der Waals surface area contributed by atoms with E-state index in [1.807, 2.05) is 13.8 Å². The molecule has 0 radical (unpaired) electrons. The summed E-state index contributed by atoms with van der Waals surface area (Å²) in [5, 5.41) is 13.6. The molecular weight excluding hydrogens is 411 g/mol. The Labute approximate surface area is 170 Å². The normalized spacial score (nSPS) is 20.4. The van der Waals surface area contributed by atoms with Crippen LogP contribution in [0.1, 0.15) is 26.3 Å². The first-order valence-electron chi connectivity index (χ1n) is 9.10. The van der Waals surface area contributed by atoms with Gasteiger partial charge in [0.1, 0.15) is 11.7 Å². The second-order valence-electron chi connectivity index (χ2n) is 7.02. The van der Waals surface area contributed by atoms with Crippen LogP contribution in [0.5, 0.6) is 0 Å². The van der Waals surface area contributed by atoms with Gasteiger partial charge in [-0.2, -0.15) is 13.2 Å². The predicted molar refractivity (Wildman–Crippen MR) is 98.7 cm³/mol. The average Bonchev–Trinajstić information content (AvgIpc) is 2.64. The molecule has 1 N–H and O–H groups in total. The van der Waals surface area contributed by atoms with Crippen LogP contribution in [0.2, 0.25) is 0 Å². The molecule has 1 aliphatic heterocycles. The molecule has 9 nitrogen and oxygen atoms in total. The van der Waals surface area contributed by atoms with Gasteiger partial charge in [0.05, 0.1) is 22.7 Å². The van der Waals surface area contributed by atoms with Crippen LogP contribution in [0.25, 0.3) is 0 Å². The zero-order chi connectivity index (χ0) is 22.6. The van der Waals surface area contributed by atoms with Crippen LogP contribution < -0.4 is 5.32 Å². The molecule has 1 aromatic rings. The van der Waals surface area contributed by atoms with Crippen molar-refractivity contribution in [2.75, 3.05) is 25.0 Å². The van der Waals surface area contributed by atoms with E-state index >= 15 is 0 Å². The number of benzene rings is 1. The number of carbonyl (C=O) groups is 2. The lowest BCUT2D eigenvalue weighted by molar-refractivity contribution is -0.384. The summed E-state index contributed by atoms with van der Waals surface area (Å²) in [5.41, 5.74) is -2.30. The summed E-state index contributed by atoms with van der Waals surface area (Å²) in [5.74, 6) is -1.30. The number of rotatable bonds is 6. The van der Waals surface area contributed by atoms with Gasteiger partial charge in [-0.1, -0.05) is 0 Å². The van der Waals surface area contributed by atoms with E-state index in [0.717, 1.165) is 6.07 Å². The zero-order valence-electron chi connectivity index (χ0n) is 16.6. The Bertz CT molecular complexity index is 807. The zero-order valence-corrected chi connectivity index (χ0v) is 16.6. The number of hydrogen-bond acceptors (Lipinski definition) is 7. The highest BCUT2D eigenvalue weighted by molar-refractivity contribution is 5.84. The van der Waals surface area contributed by atoms with E-state index in [1.54, 1.807) is 0 Å². The maximum absolute atomic E-state index is 12.8. The number of alkyl halides is 3. The highest BCUT2D eigenvalue weighted by Crippen LogP contribution is 2.35. The molecule has 1 amide bonds. The lowest BCUT2D eigenvalue weighted by Crippen LogP contribution is -2.49. The molecule has 12 heteroatoms. The summed E-state index contributed by atoms with van der Waals surface area (Å²) < 4.78 is 48.8. The van der Waals surface area contributed by atoms with Gasteiger partial charge in [-0.25, -0.2) is 4.79 Å². The molecule has 0 saturated carbocycles. The average molecular weight is 433 g/mol. The number of ether oxygens (including phenoxy) is 2. The van der Waals surface area contributed by atoms with Gasteiger partial charge < -0.3 is 19.7 Å². The topological polar surface area (TPSA) is 111 Å². The molecule has 3 atom stereocenters. The second-order valence-corrected chi connectivity index (χ2v) is 7.02. The van der Waals surface area contributed by atoms with E-state index in [2.05, 4.69) is 5.32 Å². The quantitative estimate of drug-likeness (QED) is 0.417. The molecule has 166 valence electrons. The van der Waals surface area contributed by atoms with Crippen LogP contribution in [-0.2, 0) is 25.2 Å². The number of esters is 1. The summed E-state index contributed by atoms with van der Waals surface area (Å²) in [6, 6.07) is 0.769. The van der Waals surface area contributed by atoms with Gasteiger partial charge in [-0.3, -0.25) is 14.9 Å². The van der Waals surface area contributed by atoms with Crippen LogP contribution >= 0.6 is 0 Å². The molecule has 0 spiro atoms. The fourth-order valence-electron chi connectivity index (χ4n) is 3.00. The molecule has 1 fully saturated rings. The van der Waals surface area contributed by atoms with Gasteiger partial charge in [-0.05, 0) is 32.9 Å². The lowest BCUT2D eigenvalue weighted by Gasteiger charge is -2.35. The van der Waals surface area contributed by atoms with Crippen molar-refractivity contribution in [2.45, 2.75) is 45.2 Å². The van der Waals surface area contributed by atoms with E-state index in [4.69, 9.17) is 9.47 Å². The van der Waals surface area contributed by atoms with Gasteiger partial charge in [0.15, 0.2) is 6.61 Å². The summed E-state index contributed by atoms with van der Waals surface area (Å²) >= 11 is 0. The summed E-state index contributed by atoms with van der Waals surface area (Å²) in [6.45, 7) is 5.11. The van der Waals surface area contributed by atoms with Crippen molar-refractivity contribution in [3.8, 4) is 0 Å². The minimum absolute atomic E-state index is 0.158. The number of halogens is 3. The third-order valence-corrected chi connectivity index (χ3v) is 4.36. The molecule has 1 aromatic carbocycles. The molecule has 0 bridgehead atoms. The molecule has 1 aliphatic rings. The van der Waals surface area contributed by atoms with E-state index in [1.165, 1.54) is 11.8 Å². The number of carbonyl (C=O) groups excluding carboxylic acids is 2. The molecule has 0 unspecified atom stereocenters. The minimum Gasteiger partial charge on any atom is -0.454 e. The van der Waals surface area contributed by atoms with Crippen molar-refractivity contribution in [2.24, 2.45) is 0 Å². The van der Waals surface area contributed by atoms with Crippen molar-refractivity contribution < 1.29 is 37.2 Å². The number of nitrogens with zero attached hydrogens (tertiary/aromatic N) is 2. The van der Waals surface area contributed by atoms with Crippen molar-refractivity contribution in [3.63, 3.8) is 0 Å². The number of anilines is 1. The Morgan fingerprint density at radius 2 is 1.93 bits per heavy atom. The Hall–Kier alpha value is -2.89. The van der Waals surface area contributed by atoms with Crippen LogP contribution in [0.3, 0.4) is 0 Å². The molecule has 30 heavy (non-hydrogen) atoms. The van der Waals surface area contributed by atoms with Crippen LogP contribution in [-0.4, -0.2) is 59.6 Å². The fourth-order valence-corrected chi connectivity index (χ4v) is 3.00. The number of morpholine rings is 1. The maximum Gasteiger partial charge on any atom is 0.416 e. The summed E-state index contributed by atoms with van der Waals surface area (Å²) in [4.78, 5) is 36.0. The number of nitro groups is 1. The van der Waals surface area contributed by atoms with Gasteiger partial charge in [-0.15, -0.1) is 0 Å².